The van der Waals surface area contributed by atoms with Crippen molar-refractivity contribution in [1.29, 1.82) is 0 Å². The Morgan fingerprint density at radius 3 is 2.68 bits per heavy atom. The monoisotopic (exact) mass is 278 g/mol. The Hall–Kier alpha value is -1.69. The zero-order chi connectivity index (χ0) is 13.4. The summed E-state index contributed by atoms with van der Waals surface area (Å²) in [4.78, 5) is 16.3. The second-order valence-corrected chi connectivity index (χ2v) is 5.40. The van der Waals surface area contributed by atoms with Crippen LogP contribution in [-0.4, -0.2) is 34.4 Å². The van der Waals surface area contributed by atoms with Gasteiger partial charge in [0.2, 0.25) is 5.91 Å². The van der Waals surface area contributed by atoms with Gasteiger partial charge in [0.05, 0.1) is 11.0 Å². The molecule has 0 fully saturated rings. The van der Waals surface area contributed by atoms with Crippen LogP contribution in [0.25, 0.3) is 11.0 Å². The van der Waals surface area contributed by atoms with Gasteiger partial charge in [-0.15, -0.1) is 0 Å². The number of carbonyl (C=O) groups excluding carboxylic acids is 1. The van der Waals surface area contributed by atoms with Crippen molar-refractivity contribution < 1.29 is 14.3 Å². The maximum absolute atomic E-state index is 11.8. The molecule has 0 radical (unpaired) electrons. The highest BCUT2D eigenvalue weighted by molar-refractivity contribution is 7.99. The molecule has 0 aliphatic carbocycles. The standard InChI is InChI=1S/C13H14N2O3S/c1-3-19-13-14-9-6-11-12(18-5-4-17-11)7-10(9)15(13)8(2)16/h6-7H,3-5H2,1-2H3. The summed E-state index contributed by atoms with van der Waals surface area (Å²) >= 11 is 1.55. The maximum atomic E-state index is 11.8. The lowest BCUT2D eigenvalue weighted by molar-refractivity contribution is 0.0931. The van der Waals surface area contributed by atoms with Crippen LogP contribution >= 0.6 is 11.8 Å². The molecule has 0 bridgehead atoms. The van der Waals surface area contributed by atoms with Gasteiger partial charge in [-0.3, -0.25) is 9.36 Å². The summed E-state index contributed by atoms with van der Waals surface area (Å²) in [6, 6.07) is 3.67. The van der Waals surface area contributed by atoms with Crippen LogP contribution in [-0.2, 0) is 0 Å². The fourth-order valence-electron chi connectivity index (χ4n) is 2.12. The first kappa shape index (κ1) is 12.3. The molecule has 1 aliphatic heterocycles. The molecule has 0 spiro atoms. The Bertz CT molecular complexity index is 651. The lowest BCUT2D eigenvalue weighted by Crippen LogP contribution is -2.15. The largest absolute Gasteiger partial charge is 0.486 e. The highest BCUT2D eigenvalue weighted by Crippen LogP contribution is 2.36. The third-order valence-corrected chi connectivity index (χ3v) is 3.70. The van der Waals surface area contributed by atoms with E-state index in [1.165, 1.54) is 6.92 Å². The maximum Gasteiger partial charge on any atom is 0.230 e. The molecular formula is C13H14N2O3S. The molecule has 5 nitrogen and oxygen atoms in total. The van der Waals surface area contributed by atoms with E-state index in [4.69, 9.17) is 9.47 Å². The summed E-state index contributed by atoms with van der Waals surface area (Å²) in [6.45, 7) is 4.65. The summed E-state index contributed by atoms with van der Waals surface area (Å²) in [6.07, 6.45) is 0. The Morgan fingerprint density at radius 1 is 1.37 bits per heavy atom. The molecule has 6 heteroatoms. The molecule has 0 amide bonds. The van der Waals surface area contributed by atoms with Crippen molar-refractivity contribution in [2.75, 3.05) is 19.0 Å². The number of hydrogen-bond donors (Lipinski definition) is 0. The number of benzene rings is 1. The zero-order valence-electron chi connectivity index (χ0n) is 10.8. The fourth-order valence-corrected chi connectivity index (χ4v) is 2.90. The number of thioether (sulfide) groups is 1. The molecule has 100 valence electrons. The van der Waals surface area contributed by atoms with Crippen LogP contribution in [0.5, 0.6) is 11.5 Å². The van der Waals surface area contributed by atoms with Crippen molar-refractivity contribution in [1.82, 2.24) is 9.55 Å². The van der Waals surface area contributed by atoms with Crippen LogP contribution in [0.4, 0.5) is 0 Å². The average Bonchev–Trinajstić information content (AvgIpc) is 2.73. The number of ether oxygens (including phenoxy) is 2. The molecule has 3 rings (SSSR count). The van der Waals surface area contributed by atoms with Crippen LogP contribution in [0.3, 0.4) is 0 Å². The number of imidazole rings is 1. The summed E-state index contributed by atoms with van der Waals surface area (Å²) in [5, 5.41) is 0.715. The number of nitrogens with zero attached hydrogens (tertiary/aromatic N) is 2. The number of aromatic nitrogens is 2. The van der Waals surface area contributed by atoms with Gasteiger partial charge in [-0.1, -0.05) is 18.7 Å². The average molecular weight is 278 g/mol. The third-order valence-electron chi connectivity index (χ3n) is 2.88. The van der Waals surface area contributed by atoms with Gasteiger partial charge in [-0.05, 0) is 5.75 Å². The predicted octanol–water partition coefficient (Wildman–Crippen LogP) is 2.58. The molecule has 1 aromatic carbocycles. The Kier molecular flexibility index (Phi) is 3.10. The van der Waals surface area contributed by atoms with Crippen LogP contribution in [0, 0.1) is 0 Å². The fraction of sp³-hybridized carbons (Fsp3) is 0.385. The van der Waals surface area contributed by atoms with Crippen molar-refractivity contribution >= 4 is 28.7 Å². The van der Waals surface area contributed by atoms with Gasteiger partial charge in [0.15, 0.2) is 16.7 Å². The van der Waals surface area contributed by atoms with E-state index < -0.39 is 0 Å². The van der Waals surface area contributed by atoms with Gasteiger partial charge >= 0.3 is 0 Å². The topological polar surface area (TPSA) is 53.4 Å². The Morgan fingerprint density at radius 2 is 2.05 bits per heavy atom. The minimum Gasteiger partial charge on any atom is -0.486 e. The number of rotatable bonds is 2. The van der Waals surface area contributed by atoms with Gasteiger partial charge in [0.1, 0.15) is 13.2 Å². The number of hydrogen-bond acceptors (Lipinski definition) is 5. The molecule has 19 heavy (non-hydrogen) atoms. The van der Waals surface area contributed by atoms with Crippen LogP contribution in [0.2, 0.25) is 0 Å². The molecule has 0 atom stereocenters. The van der Waals surface area contributed by atoms with E-state index in [1.807, 2.05) is 19.1 Å². The van der Waals surface area contributed by atoms with Gasteiger partial charge in [-0.25, -0.2) is 4.98 Å². The molecule has 0 N–H and O–H groups in total. The van der Waals surface area contributed by atoms with Crippen molar-refractivity contribution in [2.24, 2.45) is 0 Å². The van der Waals surface area contributed by atoms with E-state index in [0.717, 1.165) is 16.8 Å². The van der Waals surface area contributed by atoms with Gasteiger partial charge in [0.25, 0.3) is 0 Å². The lowest BCUT2D eigenvalue weighted by Gasteiger charge is -2.18. The second-order valence-electron chi connectivity index (χ2n) is 4.17. The second kappa shape index (κ2) is 4.77. The summed E-state index contributed by atoms with van der Waals surface area (Å²) in [7, 11) is 0. The molecule has 0 unspecified atom stereocenters. The van der Waals surface area contributed by atoms with E-state index in [0.29, 0.717) is 29.9 Å². The van der Waals surface area contributed by atoms with Crippen molar-refractivity contribution in [3.8, 4) is 11.5 Å². The number of carbonyl (C=O) groups is 1. The molecule has 1 aromatic heterocycles. The quantitative estimate of drug-likeness (QED) is 0.790. The molecule has 2 heterocycles. The molecule has 2 aromatic rings. The lowest BCUT2D eigenvalue weighted by atomic mass is 10.2. The van der Waals surface area contributed by atoms with E-state index in [9.17, 15) is 4.79 Å². The van der Waals surface area contributed by atoms with E-state index >= 15 is 0 Å². The molecule has 1 aliphatic rings. The molecule has 0 saturated carbocycles. The Labute approximate surface area is 114 Å². The van der Waals surface area contributed by atoms with Crippen LogP contribution < -0.4 is 9.47 Å². The minimum atomic E-state index is -0.0462. The van der Waals surface area contributed by atoms with Gasteiger partial charge in [0, 0.05) is 19.1 Å². The highest BCUT2D eigenvalue weighted by atomic mass is 32.2. The minimum absolute atomic E-state index is 0.0462. The van der Waals surface area contributed by atoms with Gasteiger partial charge in [-0.2, -0.15) is 0 Å². The first-order chi connectivity index (χ1) is 9.20. The van der Waals surface area contributed by atoms with Crippen molar-refractivity contribution in [2.45, 2.75) is 19.0 Å². The Balaban J connectivity index is 2.23. The molecular weight excluding hydrogens is 264 g/mol. The third kappa shape index (κ3) is 2.06. The number of fused-ring (bicyclic) bond motifs is 2. The van der Waals surface area contributed by atoms with E-state index in [1.54, 1.807) is 16.3 Å². The van der Waals surface area contributed by atoms with E-state index in [2.05, 4.69) is 4.98 Å². The van der Waals surface area contributed by atoms with E-state index in [-0.39, 0.29) is 5.91 Å². The SMILES string of the molecule is CCSc1nc2cc3c(cc2n1C(C)=O)OCCO3. The van der Waals surface area contributed by atoms with Crippen molar-refractivity contribution in [3.63, 3.8) is 0 Å². The highest BCUT2D eigenvalue weighted by Gasteiger charge is 2.19. The summed E-state index contributed by atoms with van der Waals surface area (Å²) < 4.78 is 12.7. The first-order valence-electron chi connectivity index (χ1n) is 6.16. The summed E-state index contributed by atoms with van der Waals surface area (Å²) in [5.74, 6) is 2.19. The zero-order valence-corrected chi connectivity index (χ0v) is 11.6. The smallest absolute Gasteiger partial charge is 0.230 e. The first-order valence-corrected chi connectivity index (χ1v) is 7.15. The predicted molar refractivity (Wildman–Crippen MR) is 73.4 cm³/mol. The molecule has 0 saturated heterocycles. The normalized spacial score (nSPS) is 13.8. The van der Waals surface area contributed by atoms with Crippen LogP contribution in [0.15, 0.2) is 17.3 Å². The summed E-state index contributed by atoms with van der Waals surface area (Å²) in [5.41, 5.74) is 1.53. The van der Waals surface area contributed by atoms with Crippen LogP contribution in [0.1, 0.15) is 18.6 Å². The van der Waals surface area contributed by atoms with Gasteiger partial charge < -0.3 is 9.47 Å². The van der Waals surface area contributed by atoms with Crippen molar-refractivity contribution in [3.05, 3.63) is 12.1 Å².